The van der Waals surface area contributed by atoms with Gasteiger partial charge in [0, 0.05) is 5.02 Å². The number of halogens is 1. The van der Waals surface area contributed by atoms with Crippen molar-refractivity contribution in [1.29, 1.82) is 0 Å². The second kappa shape index (κ2) is 7.14. The van der Waals surface area contributed by atoms with Crippen LogP contribution < -0.4 is 4.74 Å². The van der Waals surface area contributed by atoms with Crippen LogP contribution in [-0.2, 0) is 9.53 Å². The van der Waals surface area contributed by atoms with E-state index in [9.17, 15) is 4.79 Å². The normalized spacial score (nSPS) is 11.8. The first-order valence-electron chi connectivity index (χ1n) is 6.63. The molecule has 2 aromatic carbocycles. The van der Waals surface area contributed by atoms with Crippen LogP contribution in [0.5, 0.6) is 5.75 Å². The van der Waals surface area contributed by atoms with Crippen LogP contribution in [0, 0.1) is 6.92 Å². The highest BCUT2D eigenvalue weighted by Gasteiger charge is 2.23. The molecule has 0 aliphatic carbocycles. The average molecular weight is 305 g/mol. The highest BCUT2D eigenvalue weighted by Crippen LogP contribution is 2.24. The van der Waals surface area contributed by atoms with Gasteiger partial charge in [-0.3, -0.25) is 4.79 Å². The van der Waals surface area contributed by atoms with Gasteiger partial charge in [-0.2, -0.15) is 0 Å². The van der Waals surface area contributed by atoms with Crippen LogP contribution in [0.3, 0.4) is 0 Å². The number of methoxy groups -OCH3 is 1. The summed E-state index contributed by atoms with van der Waals surface area (Å²) in [5.74, 6) is -0.0902. The van der Waals surface area contributed by atoms with Crippen molar-refractivity contribution in [3.63, 3.8) is 0 Å². The molecule has 0 amide bonds. The van der Waals surface area contributed by atoms with Gasteiger partial charge in [0.1, 0.15) is 18.3 Å². The lowest BCUT2D eigenvalue weighted by molar-refractivity contribution is -0.143. The van der Waals surface area contributed by atoms with Gasteiger partial charge in [0.25, 0.3) is 0 Å². The summed E-state index contributed by atoms with van der Waals surface area (Å²) < 4.78 is 10.6. The van der Waals surface area contributed by atoms with Gasteiger partial charge in [-0.25, -0.2) is 0 Å². The van der Waals surface area contributed by atoms with Crippen molar-refractivity contribution < 1.29 is 14.3 Å². The summed E-state index contributed by atoms with van der Waals surface area (Å²) in [6, 6.07) is 14.8. The second-order valence-electron chi connectivity index (χ2n) is 4.71. The molecule has 0 bridgehead atoms. The van der Waals surface area contributed by atoms with E-state index in [1.54, 1.807) is 18.2 Å². The fourth-order valence-electron chi connectivity index (χ4n) is 2.06. The van der Waals surface area contributed by atoms with Gasteiger partial charge >= 0.3 is 5.97 Å². The lowest BCUT2D eigenvalue weighted by atomic mass is 10.0. The molecule has 0 spiro atoms. The Balaban J connectivity index is 2.18. The zero-order valence-electron chi connectivity index (χ0n) is 12.0. The van der Waals surface area contributed by atoms with E-state index >= 15 is 0 Å². The van der Waals surface area contributed by atoms with E-state index in [-0.39, 0.29) is 12.6 Å². The van der Waals surface area contributed by atoms with Crippen molar-refractivity contribution >= 4 is 17.6 Å². The van der Waals surface area contributed by atoms with E-state index in [1.165, 1.54) is 7.11 Å². The molecule has 0 heterocycles. The fraction of sp³-hybridized carbons (Fsp3) is 0.235. The summed E-state index contributed by atoms with van der Waals surface area (Å²) in [6.45, 7) is 2.17. The molecule has 110 valence electrons. The number of para-hydroxylation sites is 1. The number of rotatable bonds is 5. The Hall–Kier alpha value is -2.00. The van der Waals surface area contributed by atoms with Crippen LogP contribution in [0.4, 0.5) is 0 Å². The number of aryl methyl sites for hydroxylation is 1. The maximum absolute atomic E-state index is 12.0. The van der Waals surface area contributed by atoms with Crippen molar-refractivity contribution in [3.8, 4) is 5.75 Å². The van der Waals surface area contributed by atoms with Crippen LogP contribution in [0.15, 0.2) is 48.5 Å². The molecule has 1 atom stereocenters. The monoisotopic (exact) mass is 304 g/mol. The Morgan fingerprint density at radius 1 is 1.19 bits per heavy atom. The SMILES string of the molecule is COC(=O)C(COc1ccccc1C)c1cccc(Cl)c1. The summed E-state index contributed by atoms with van der Waals surface area (Å²) in [5, 5.41) is 0.581. The standard InChI is InChI=1S/C17H17ClO3/c1-12-6-3-4-9-16(12)21-11-15(17(19)20-2)13-7-5-8-14(18)10-13/h3-10,15H,11H2,1-2H3. The number of esters is 1. The predicted octanol–water partition coefficient (Wildman–Crippen LogP) is 3.98. The van der Waals surface area contributed by atoms with Gasteiger partial charge in [0.2, 0.25) is 0 Å². The van der Waals surface area contributed by atoms with Crippen molar-refractivity contribution in [2.75, 3.05) is 13.7 Å². The quantitative estimate of drug-likeness (QED) is 0.784. The van der Waals surface area contributed by atoms with E-state index in [2.05, 4.69) is 0 Å². The highest BCUT2D eigenvalue weighted by molar-refractivity contribution is 6.30. The third-order valence-corrected chi connectivity index (χ3v) is 3.47. The number of carbonyl (C=O) groups is 1. The smallest absolute Gasteiger partial charge is 0.316 e. The molecule has 0 N–H and O–H groups in total. The molecule has 0 aliphatic rings. The zero-order chi connectivity index (χ0) is 15.2. The molecule has 0 aliphatic heterocycles. The molecule has 3 nitrogen and oxygen atoms in total. The van der Waals surface area contributed by atoms with Gasteiger partial charge in [-0.1, -0.05) is 41.9 Å². The molecule has 0 saturated carbocycles. The zero-order valence-corrected chi connectivity index (χ0v) is 12.8. The first-order valence-corrected chi connectivity index (χ1v) is 7.01. The third kappa shape index (κ3) is 3.99. The maximum atomic E-state index is 12.0. The third-order valence-electron chi connectivity index (χ3n) is 3.24. The Bertz CT molecular complexity index is 625. The van der Waals surface area contributed by atoms with E-state index in [0.29, 0.717) is 5.02 Å². The molecule has 4 heteroatoms. The Morgan fingerprint density at radius 3 is 2.62 bits per heavy atom. The van der Waals surface area contributed by atoms with E-state index in [1.807, 2.05) is 37.3 Å². The van der Waals surface area contributed by atoms with Gasteiger partial charge < -0.3 is 9.47 Å². The minimum atomic E-state index is -0.506. The van der Waals surface area contributed by atoms with E-state index in [4.69, 9.17) is 21.1 Å². The van der Waals surface area contributed by atoms with Crippen LogP contribution in [0.1, 0.15) is 17.0 Å². The molecule has 0 fully saturated rings. The van der Waals surface area contributed by atoms with Crippen LogP contribution in [-0.4, -0.2) is 19.7 Å². The predicted molar refractivity (Wildman–Crippen MR) is 82.9 cm³/mol. The average Bonchev–Trinajstić information content (AvgIpc) is 2.49. The van der Waals surface area contributed by atoms with Crippen molar-refractivity contribution in [2.24, 2.45) is 0 Å². The van der Waals surface area contributed by atoms with Gasteiger partial charge in [-0.05, 0) is 36.2 Å². The Morgan fingerprint density at radius 2 is 1.95 bits per heavy atom. The van der Waals surface area contributed by atoms with Crippen molar-refractivity contribution in [3.05, 3.63) is 64.7 Å². The minimum absolute atomic E-state index is 0.206. The first kappa shape index (κ1) is 15.4. The van der Waals surface area contributed by atoms with Gasteiger partial charge in [0.05, 0.1) is 7.11 Å². The van der Waals surface area contributed by atoms with Gasteiger partial charge in [-0.15, -0.1) is 0 Å². The van der Waals surface area contributed by atoms with E-state index in [0.717, 1.165) is 16.9 Å². The van der Waals surface area contributed by atoms with E-state index < -0.39 is 5.92 Å². The van der Waals surface area contributed by atoms with Crippen LogP contribution >= 0.6 is 11.6 Å². The molecule has 21 heavy (non-hydrogen) atoms. The molecule has 2 rings (SSSR count). The molecular weight excluding hydrogens is 288 g/mol. The molecule has 0 aromatic heterocycles. The van der Waals surface area contributed by atoms with Gasteiger partial charge in [0.15, 0.2) is 0 Å². The number of hydrogen-bond donors (Lipinski definition) is 0. The molecule has 0 saturated heterocycles. The lowest BCUT2D eigenvalue weighted by Crippen LogP contribution is -2.21. The second-order valence-corrected chi connectivity index (χ2v) is 5.14. The molecule has 1 unspecified atom stereocenters. The summed E-state index contributed by atoms with van der Waals surface area (Å²) in [5.41, 5.74) is 1.80. The number of hydrogen-bond acceptors (Lipinski definition) is 3. The van der Waals surface area contributed by atoms with Crippen molar-refractivity contribution in [1.82, 2.24) is 0 Å². The number of benzene rings is 2. The molecule has 0 radical (unpaired) electrons. The van der Waals surface area contributed by atoms with Crippen LogP contribution in [0.25, 0.3) is 0 Å². The highest BCUT2D eigenvalue weighted by atomic mass is 35.5. The molecule has 2 aromatic rings. The fourth-order valence-corrected chi connectivity index (χ4v) is 2.26. The number of carbonyl (C=O) groups excluding carboxylic acids is 1. The lowest BCUT2D eigenvalue weighted by Gasteiger charge is -2.17. The minimum Gasteiger partial charge on any atom is -0.492 e. The maximum Gasteiger partial charge on any atom is 0.316 e. The largest absolute Gasteiger partial charge is 0.492 e. The molecular formula is C17H17ClO3. The number of ether oxygens (including phenoxy) is 2. The topological polar surface area (TPSA) is 35.5 Å². The Labute approximate surface area is 129 Å². The van der Waals surface area contributed by atoms with Crippen LogP contribution in [0.2, 0.25) is 5.02 Å². The summed E-state index contributed by atoms with van der Waals surface area (Å²) >= 11 is 5.99. The summed E-state index contributed by atoms with van der Waals surface area (Å²) in [4.78, 5) is 12.0. The Kier molecular flexibility index (Phi) is 5.23. The summed E-state index contributed by atoms with van der Waals surface area (Å²) in [7, 11) is 1.37. The van der Waals surface area contributed by atoms with Crippen molar-refractivity contribution in [2.45, 2.75) is 12.8 Å². The summed E-state index contributed by atoms with van der Waals surface area (Å²) in [6.07, 6.45) is 0. The first-order chi connectivity index (χ1) is 10.1.